The standard InChI is InChI=1S/C17H27NO4/c19-14(12-16(15(20)21)6-4-7-16)18-13-5-10-22-17(11-13)8-2-1-3-9-17/h13H,1-12H2,(H,18,19)(H,20,21). The lowest BCUT2D eigenvalue weighted by atomic mass is 9.66. The third kappa shape index (κ3) is 3.14. The maximum Gasteiger partial charge on any atom is 0.310 e. The molecule has 1 amide bonds. The Morgan fingerprint density at radius 3 is 2.41 bits per heavy atom. The van der Waals surface area contributed by atoms with E-state index in [1.807, 2.05) is 0 Å². The topological polar surface area (TPSA) is 75.6 Å². The second-order valence-electron chi connectivity index (χ2n) is 7.47. The minimum atomic E-state index is -0.815. The number of carboxylic acids is 1. The van der Waals surface area contributed by atoms with Crippen LogP contribution in [0.2, 0.25) is 0 Å². The van der Waals surface area contributed by atoms with Gasteiger partial charge in [0.1, 0.15) is 0 Å². The summed E-state index contributed by atoms with van der Waals surface area (Å²) in [5.41, 5.74) is -0.826. The van der Waals surface area contributed by atoms with Crippen molar-refractivity contribution in [2.45, 2.75) is 82.3 Å². The zero-order valence-corrected chi connectivity index (χ0v) is 13.2. The van der Waals surface area contributed by atoms with E-state index in [4.69, 9.17) is 4.74 Å². The fourth-order valence-electron chi connectivity index (χ4n) is 4.35. The SMILES string of the molecule is O=C(CC1(C(=O)O)CCC1)NC1CCOC2(CCCCC2)C1. The molecule has 0 radical (unpaired) electrons. The Labute approximate surface area is 131 Å². The number of carboxylic acid groups (broad SMARTS) is 1. The Morgan fingerprint density at radius 1 is 1.09 bits per heavy atom. The van der Waals surface area contributed by atoms with Gasteiger partial charge in [0, 0.05) is 19.1 Å². The summed E-state index contributed by atoms with van der Waals surface area (Å²) < 4.78 is 6.04. The average Bonchev–Trinajstić information content (AvgIpc) is 2.43. The maximum absolute atomic E-state index is 12.3. The van der Waals surface area contributed by atoms with E-state index in [0.717, 1.165) is 32.1 Å². The smallest absolute Gasteiger partial charge is 0.310 e. The molecule has 22 heavy (non-hydrogen) atoms. The van der Waals surface area contributed by atoms with Crippen LogP contribution in [0.15, 0.2) is 0 Å². The van der Waals surface area contributed by atoms with E-state index in [9.17, 15) is 14.7 Å². The van der Waals surface area contributed by atoms with Crippen LogP contribution in [-0.4, -0.2) is 35.2 Å². The molecular weight excluding hydrogens is 282 g/mol. The van der Waals surface area contributed by atoms with E-state index in [-0.39, 0.29) is 24.0 Å². The number of nitrogens with one attached hydrogen (secondary N) is 1. The van der Waals surface area contributed by atoms with Crippen LogP contribution in [0, 0.1) is 5.41 Å². The van der Waals surface area contributed by atoms with E-state index in [0.29, 0.717) is 19.4 Å². The minimum absolute atomic E-state index is 0.0323. The Bertz CT molecular complexity index is 432. The first-order chi connectivity index (χ1) is 10.5. The second-order valence-corrected chi connectivity index (χ2v) is 7.47. The predicted octanol–water partition coefficient (Wildman–Crippen LogP) is 2.63. The third-order valence-corrected chi connectivity index (χ3v) is 5.89. The van der Waals surface area contributed by atoms with Crippen LogP contribution >= 0.6 is 0 Å². The van der Waals surface area contributed by atoms with E-state index in [2.05, 4.69) is 5.32 Å². The molecule has 5 nitrogen and oxygen atoms in total. The fraction of sp³-hybridized carbons (Fsp3) is 0.882. The molecule has 3 aliphatic rings. The fourth-order valence-corrected chi connectivity index (χ4v) is 4.35. The highest BCUT2D eigenvalue weighted by Crippen LogP contribution is 2.44. The molecule has 3 fully saturated rings. The van der Waals surface area contributed by atoms with Crippen molar-refractivity contribution in [2.75, 3.05) is 6.61 Å². The zero-order chi connectivity index (χ0) is 15.6. The van der Waals surface area contributed by atoms with Gasteiger partial charge < -0.3 is 15.2 Å². The Hall–Kier alpha value is -1.10. The number of rotatable bonds is 4. The van der Waals surface area contributed by atoms with Crippen LogP contribution in [0.25, 0.3) is 0 Å². The summed E-state index contributed by atoms with van der Waals surface area (Å²) in [5.74, 6) is -0.912. The molecule has 1 saturated heterocycles. The van der Waals surface area contributed by atoms with Crippen molar-refractivity contribution in [1.29, 1.82) is 0 Å². The van der Waals surface area contributed by atoms with Gasteiger partial charge in [-0.2, -0.15) is 0 Å². The molecule has 2 N–H and O–H groups in total. The highest BCUT2D eigenvalue weighted by Gasteiger charge is 2.46. The second kappa shape index (κ2) is 6.19. The van der Waals surface area contributed by atoms with E-state index >= 15 is 0 Å². The van der Waals surface area contributed by atoms with Crippen molar-refractivity contribution in [3.63, 3.8) is 0 Å². The van der Waals surface area contributed by atoms with Gasteiger partial charge in [-0.25, -0.2) is 0 Å². The largest absolute Gasteiger partial charge is 0.481 e. The third-order valence-electron chi connectivity index (χ3n) is 5.89. The Balaban J connectivity index is 1.54. The van der Waals surface area contributed by atoms with Crippen LogP contribution in [0.4, 0.5) is 0 Å². The lowest BCUT2D eigenvalue weighted by Gasteiger charge is -2.44. The van der Waals surface area contributed by atoms with Crippen molar-refractivity contribution < 1.29 is 19.4 Å². The molecule has 1 aliphatic heterocycles. The Morgan fingerprint density at radius 2 is 1.82 bits per heavy atom. The van der Waals surface area contributed by atoms with E-state index in [1.165, 1.54) is 19.3 Å². The molecule has 0 aromatic carbocycles. The number of amides is 1. The Kier molecular flexibility index (Phi) is 4.44. The summed E-state index contributed by atoms with van der Waals surface area (Å²) in [6.45, 7) is 0.703. The van der Waals surface area contributed by atoms with Gasteiger partial charge in [0.25, 0.3) is 0 Å². The van der Waals surface area contributed by atoms with Gasteiger partial charge in [-0.05, 0) is 38.5 Å². The van der Waals surface area contributed by atoms with Gasteiger partial charge in [-0.1, -0.05) is 25.7 Å². The molecule has 5 heteroatoms. The molecule has 124 valence electrons. The predicted molar refractivity (Wildman–Crippen MR) is 81.5 cm³/mol. The molecule has 1 unspecified atom stereocenters. The van der Waals surface area contributed by atoms with Crippen molar-refractivity contribution in [3.05, 3.63) is 0 Å². The first-order valence-electron chi connectivity index (χ1n) is 8.70. The normalized spacial score (nSPS) is 29.5. The first-order valence-corrected chi connectivity index (χ1v) is 8.70. The molecule has 1 spiro atoms. The van der Waals surface area contributed by atoms with Crippen LogP contribution in [0.5, 0.6) is 0 Å². The quantitative estimate of drug-likeness (QED) is 0.837. The maximum atomic E-state index is 12.3. The van der Waals surface area contributed by atoms with Gasteiger partial charge in [0.05, 0.1) is 11.0 Å². The van der Waals surface area contributed by atoms with Gasteiger partial charge in [-0.15, -0.1) is 0 Å². The number of aliphatic carboxylic acids is 1. The molecule has 0 bridgehead atoms. The molecule has 1 heterocycles. The zero-order valence-electron chi connectivity index (χ0n) is 13.2. The molecule has 0 aromatic heterocycles. The highest BCUT2D eigenvalue weighted by molar-refractivity contribution is 5.85. The molecular formula is C17H27NO4. The van der Waals surface area contributed by atoms with E-state index < -0.39 is 11.4 Å². The lowest BCUT2D eigenvalue weighted by Crippen LogP contribution is -2.51. The van der Waals surface area contributed by atoms with Crippen molar-refractivity contribution in [1.82, 2.24) is 5.32 Å². The summed E-state index contributed by atoms with van der Waals surface area (Å²) >= 11 is 0. The molecule has 2 aliphatic carbocycles. The van der Waals surface area contributed by atoms with Gasteiger partial charge >= 0.3 is 5.97 Å². The van der Waals surface area contributed by atoms with Crippen LogP contribution < -0.4 is 5.32 Å². The number of hydrogen-bond donors (Lipinski definition) is 2. The first kappa shape index (κ1) is 15.8. The van der Waals surface area contributed by atoms with Gasteiger partial charge in [0.15, 0.2) is 0 Å². The number of carbonyl (C=O) groups is 2. The van der Waals surface area contributed by atoms with E-state index in [1.54, 1.807) is 0 Å². The van der Waals surface area contributed by atoms with Crippen molar-refractivity contribution >= 4 is 11.9 Å². The van der Waals surface area contributed by atoms with Crippen molar-refractivity contribution in [3.8, 4) is 0 Å². The summed E-state index contributed by atoms with van der Waals surface area (Å²) in [6.07, 6.45) is 9.94. The number of hydrogen-bond acceptors (Lipinski definition) is 3. The van der Waals surface area contributed by atoms with Crippen LogP contribution in [0.3, 0.4) is 0 Å². The van der Waals surface area contributed by atoms with Crippen LogP contribution in [0.1, 0.15) is 70.6 Å². The number of carbonyl (C=O) groups excluding carboxylic acids is 1. The summed E-state index contributed by atoms with van der Waals surface area (Å²) in [6, 6.07) is 0.144. The van der Waals surface area contributed by atoms with Gasteiger partial charge in [-0.3, -0.25) is 9.59 Å². The molecule has 1 atom stereocenters. The molecule has 2 saturated carbocycles. The molecule has 3 rings (SSSR count). The van der Waals surface area contributed by atoms with Gasteiger partial charge in [0.2, 0.25) is 5.91 Å². The average molecular weight is 309 g/mol. The van der Waals surface area contributed by atoms with Crippen molar-refractivity contribution in [2.24, 2.45) is 5.41 Å². The molecule has 0 aromatic rings. The lowest BCUT2D eigenvalue weighted by molar-refractivity contribution is -0.158. The summed E-state index contributed by atoms with van der Waals surface area (Å²) in [5, 5.41) is 12.4. The van der Waals surface area contributed by atoms with Crippen LogP contribution in [-0.2, 0) is 14.3 Å². The summed E-state index contributed by atoms with van der Waals surface area (Å²) in [4.78, 5) is 23.7. The minimum Gasteiger partial charge on any atom is -0.481 e. The highest BCUT2D eigenvalue weighted by atomic mass is 16.5. The number of ether oxygens (including phenoxy) is 1. The monoisotopic (exact) mass is 309 g/mol. The summed E-state index contributed by atoms with van der Waals surface area (Å²) in [7, 11) is 0.